The highest BCUT2D eigenvalue weighted by Gasteiger charge is 2.26. The van der Waals surface area contributed by atoms with E-state index in [1.54, 1.807) is 24.3 Å². The summed E-state index contributed by atoms with van der Waals surface area (Å²) in [4.78, 5) is 12.8. The number of carbonyl (C=O) groups is 1. The number of rotatable bonds is 5. The first-order valence-corrected chi connectivity index (χ1v) is 5.06. The molecule has 1 aromatic heterocycles. The van der Waals surface area contributed by atoms with Crippen molar-refractivity contribution in [1.82, 2.24) is 4.90 Å². The molecule has 0 saturated carbocycles. The van der Waals surface area contributed by atoms with Gasteiger partial charge in [-0.05, 0) is 32.5 Å². The molecule has 4 heteroatoms. The van der Waals surface area contributed by atoms with Crippen LogP contribution in [0.15, 0.2) is 22.8 Å². The Balaban J connectivity index is 2.75. The van der Waals surface area contributed by atoms with Crippen molar-refractivity contribution >= 4 is 5.97 Å². The highest BCUT2D eigenvalue weighted by atomic mass is 16.4. The number of hydrogen-bond donors (Lipinski definition) is 1. The van der Waals surface area contributed by atoms with Crippen molar-refractivity contribution in [1.29, 1.82) is 0 Å². The van der Waals surface area contributed by atoms with Crippen LogP contribution >= 0.6 is 0 Å². The quantitative estimate of drug-likeness (QED) is 0.810. The van der Waals surface area contributed by atoms with Gasteiger partial charge in [0, 0.05) is 0 Å². The molecule has 4 nitrogen and oxygen atoms in total. The molecule has 0 aliphatic rings. The second-order valence-electron chi connectivity index (χ2n) is 3.62. The average Bonchev–Trinajstić information content (AvgIpc) is 2.69. The fraction of sp³-hybridized carbons (Fsp3) is 0.545. The Morgan fingerprint density at radius 3 is 2.73 bits per heavy atom. The molecule has 0 fully saturated rings. The van der Waals surface area contributed by atoms with E-state index < -0.39 is 12.0 Å². The molecule has 0 radical (unpaired) electrons. The minimum Gasteiger partial charge on any atom is -0.480 e. The summed E-state index contributed by atoms with van der Waals surface area (Å²) in [6.07, 6.45) is 2.18. The molecule has 1 heterocycles. The van der Waals surface area contributed by atoms with Gasteiger partial charge in [-0.25, -0.2) is 0 Å². The summed E-state index contributed by atoms with van der Waals surface area (Å²) in [6.45, 7) is 3.80. The van der Waals surface area contributed by atoms with E-state index in [9.17, 15) is 4.79 Å². The van der Waals surface area contributed by atoms with Crippen LogP contribution in [0.4, 0.5) is 0 Å². The number of furan rings is 1. The van der Waals surface area contributed by atoms with Gasteiger partial charge in [0.05, 0.1) is 12.3 Å². The van der Waals surface area contributed by atoms with Crippen LogP contribution in [0.5, 0.6) is 0 Å². The standard InChI is InChI=1S/C11H17NO3/c1-4-9(11(13)14)12(3)8(2)10-6-5-7-15-10/h5-9H,4H2,1-3H3,(H,13,14). The van der Waals surface area contributed by atoms with Crippen molar-refractivity contribution in [2.75, 3.05) is 7.05 Å². The van der Waals surface area contributed by atoms with Crippen LogP contribution in [0.25, 0.3) is 0 Å². The molecule has 0 aliphatic carbocycles. The maximum atomic E-state index is 11.0. The lowest BCUT2D eigenvalue weighted by molar-refractivity contribution is -0.143. The smallest absolute Gasteiger partial charge is 0.320 e. The highest BCUT2D eigenvalue weighted by Crippen LogP contribution is 2.22. The Labute approximate surface area is 89.5 Å². The Hall–Kier alpha value is -1.29. The molecule has 0 saturated heterocycles. The fourth-order valence-corrected chi connectivity index (χ4v) is 1.64. The third kappa shape index (κ3) is 2.59. The van der Waals surface area contributed by atoms with Crippen molar-refractivity contribution < 1.29 is 14.3 Å². The number of likely N-dealkylation sites (N-methyl/N-ethyl adjacent to an activating group) is 1. The molecular weight excluding hydrogens is 194 g/mol. The molecule has 0 amide bonds. The van der Waals surface area contributed by atoms with Crippen LogP contribution in [0.3, 0.4) is 0 Å². The summed E-state index contributed by atoms with van der Waals surface area (Å²) in [5.41, 5.74) is 0. The number of hydrogen-bond acceptors (Lipinski definition) is 3. The van der Waals surface area contributed by atoms with E-state index in [1.807, 2.05) is 19.9 Å². The maximum absolute atomic E-state index is 11.0. The summed E-state index contributed by atoms with van der Waals surface area (Å²) in [5, 5.41) is 9.02. The molecule has 0 spiro atoms. The Kier molecular flexibility index (Phi) is 3.91. The van der Waals surface area contributed by atoms with Gasteiger partial charge in [-0.2, -0.15) is 0 Å². The van der Waals surface area contributed by atoms with Gasteiger partial charge in [-0.1, -0.05) is 6.92 Å². The van der Waals surface area contributed by atoms with E-state index in [1.165, 1.54) is 0 Å². The summed E-state index contributed by atoms with van der Waals surface area (Å²) in [6, 6.07) is 3.17. The zero-order chi connectivity index (χ0) is 11.4. The third-order valence-corrected chi connectivity index (χ3v) is 2.73. The molecule has 1 rings (SSSR count). The zero-order valence-electron chi connectivity index (χ0n) is 9.30. The van der Waals surface area contributed by atoms with E-state index in [-0.39, 0.29) is 6.04 Å². The van der Waals surface area contributed by atoms with Crippen LogP contribution in [-0.2, 0) is 4.79 Å². The van der Waals surface area contributed by atoms with E-state index in [0.29, 0.717) is 6.42 Å². The SMILES string of the molecule is CCC(C(=O)O)N(C)C(C)c1ccco1. The van der Waals surface area contributed by atoms with E-state index in [0.717, 1.165) is 5.76 Å². The van der Waals surface area contributed by atoms with E-state index >= 15 is 0 Å². The predicted molar refractivity (Wildman–Crippen MR) is 56.6 cm³/mol. The minimum absolute atomic E-state index is 0.0268. The van der Waals surface area contributed by atoms with Gasteiger partial charge in [0.2, 0.25) is 0 Å². The largest absolute Gasteiger partial charge is 0.480 e. The lowest BCUT2D eigenvalue weighted by Crippen LogP contribution is -2.39. The van der Waals surface area contributed by atoms with Crippen LogP contribution < -0.4 is 0 Å². The molecular formula is C11H17NO3. The van der Waals surface area contributed by atoms with Gasteiger partial charge in [0.15, 0.2) is 0 Å². The van der Waals surface area contributed by atoms with Crippen molar-refractivity contribution in [3.63, 3.8) is 0 Å². The van der Waals surface area contributed by atoms with Crippen LogP contribution in [-0.4, -0.2) is 29.1 Å². The zero-order valence-corrected chi connectivity index (χ0v) is 9.30. The monoisotopic (exact) mass is 211 g/mol. The second-order valence-corrected chi connectivity index (χ2v) is 3.62. The Morgan fingerprint density at radius 1 is 1.67 bits per heavy atom. The van der Waals surface area contributed by atoms with Gasteiger partial charge in [0.25, 0.3) is 0 Å². The summed E-state index contributed by atoms with van der Waals surface area (Å²) in [7, 11) is 1.80. The predicted octanol–water partition coefficient (Wildman–Crippen LogP) is 2.14. The molecule has 15 heavy (non-hydrogen) atoms. The molecule has 1 aromatic rings. The van der Waals surface area contributed by atoms with Crippen molar-refractivity contribution in [3.8, 4) is 0 Å². The summed E-state index contributed by atoms with van der Waals surface area (Å²) < 4.78 is 5.26. The van der Waals surface area contributed by atoms with Crippen LogP contribution in [0, 0.1) is 0 Å². The lowest BCUT2D eigenvalue weighted by Gasteiger charge is -2.28. The Morgan fingerprint density at radius 2 is 2.33 bits per heavy atom. The van der Waals surface area contributed by atoms with E-state index in [2.05, 4.69) is 0 Å². The van der Waals surface area contributed by atoms with Crippen molar-refractivity contribution in [2.24, 2.45) is 0 Å². The topological polar surface area (TPSA) is 53.7 Å². The Bertz CT molecular complexity index is 308. The number of carboxylic acids is 1. The molecule has 0 bridgehead atoms. The second kappa shape index (κ2) is 4.98. The van der Waals surface area contributed by atoms with E-state index in [4.69, 9.17) is 9.52 Å². The molecule has 2 unspecified atom stereocenters. The molecule has 0 aromatic carbocycles. The molecule has 1 N–H and O–H groups in total. The maximum Gasteiger partial charge on any atom is 0.320 e. The first-order valence-electron chi connectivity index (χ1n) is 5.06. The van der Waals surface area contributed by atoms with Crippen molar-refractivity contribution in [2.45, 2.75) is 32.4 Å². The van der Waals surface area contributed by atoms with Gasteiger partial charge < -0.3 is 9.52 Å². The number of nitrogens with zero attached hydrogens (tertiary/aromatic N) is 1. The summed E-state index contributed by atoms with van der Waals surface area (Å²) in [5.74, 6) is -0.00407. The van der Waals surface area contributed by atoms with Crippen molar-refractivity contribution in [3.05, 3.63) is 24.2 Å². The minimum atomic E-state index is -0.793. The molecule has 84 valence electrons. The first kappa shape index (κ1) is 11.8. The fourth-order valence-electron chi connectivity index (χ4n) is 1.64. The van der Waals surface area contributed by atoms with Gasteiger partial charge >= 0.3 is 5.97 Å². The first-order chi connectivity index (χ1) is 7.07. The van der Waals surface area contributed by atoms with Crippen LogP contribution in [0.1, 0.15) is 32.1 Å². The normalized spacial score (nSPS) is 15.2. The number of aliphatic carboxylic acids is 1. The van der Waals surface area contributed by atoms with Gasteiger partial charge in [-0.3, -0.25) is 9.69 Å². The highest BCUT2D eigenvalue weighted by molar-refractivity contribution is 5.73. The number of carboxylic acid groups (broad SMARTS) is 1. The molecule has 0 aliphatic heterocycles. The van der Waals surface area contributed by atoms with Gasteiger partial charge in [-0.15, -0.1) is 0 Å². The average molecular weight is 211 g/mol. The van der Waals surface area contributed by atoms with Crippen LogP contribution in [0.2, 0.25) is 0 Å². The molecule has 2 atom stereocenters. The van der Waals surface area contributed by atoms with Gasteiger partial charge in [0.1, 0.15) is 11.8 Å². The third-order valence-electron chi connectivity index (χ3n) is 2.73. The summed E-state index contributed by atoms with van der Waals surface area (Å²) >= 11 is 0. The lowest BCUT2D eigenvalue weighted by atomic mass is 10.1.